The van der Waals surface area contributed by atoms with E-state index in [2.05, 4.69) is 62.5 Å². The predicted octanol–water partition coefficient (Wildman–Crippen LogP) is 11.8. The molecule has 0 spiro atoms. The standard InChI is InChI=1S/C41H72O5/c1-3-5-7-9-11-13-15-17-19-20-22-24-26-28-30-32-34-36-41(44)46-39(37-42)38-45-40(43)35-33-31-29-27-25-23-21-18-16-14-12-10-8-6-4-2/h11-14,17-19,21,39,42H,3-10,15-16,20,22-38H2,1-2H3/b13-11-,14-12-,19-17-,21-18-. The maximum absolute atomic E-state index is 12.2. The van der Waals surface area contributed by atoms with Crippen molar-refractivity contribution < 1.29 is 24.2 Å². The SMILES string of the molecule is CCCCC/C=C\C/C=C\CCCCCCCCCC(=O)OC(CO)COC(=O)CCCCCCC/C=C\C/C=C\CCCCC. The smallest absolute Gasteiger partial charge is 0.306 e. The second-order valence-corrected chi connectivity index (χ2v) is 12.6. The van der Waals surface area contributed by atoms with Crippen molar-refractivity contribution in [3.8, 4) is 0 Å². The Labute approximate surface area is 284 Å². The molecule has 0 radical (unpaired) electrons. The zero-order valence-corrected chi connectivity index (χ0v) is 30.1. The molecule has 0 bridgehead atoms. The first kappa shape index (κ1) is 43.9. The number of carbonyl (C=O) groups excluding carboxylic acids is 2. The minimum atomic E-state index is -0.781. The van der Waals surface area contributed by atoms with E-state index in [1.807, 2.05) is 0 Å². The van der Waals surface area contributed by atoms with Gasteiger partial charge in [-0.15, -0.1) is 0 Å². The molecule has 0 heterocycles. The summed E-state index contributed by atoms with van der Waals surface area (Å²) in [4.78, 5) is 24.2. The molecule has 0 aliphatic carbocycles. The van der Waals surface area contributed by atoms with Gasteiger partial charge in [-0.3, -0.25) is 9.59 Å². The molecular weight excluding hydrogens is 572 g/mol. The lowest BCUT2D eigenvalue weighted by Gasteiger charge is -2.15. The van der Waals surface area contributed by atoms with Crippen molar-refractivity contribution in [2.75, 3.05) is 13.2 Å². The van der Waals surface area contributed by atoms with Crippen LogP contribution in [0.3, 0.4) is 0 Å². The van der Waals surface area contributed by atoms with E-state index in [9.17, 15) is 14.7 Å². The van der Waals surface area contributed by atoms with E-state index in [0.29, 0.717) is 12.8 Å². The Morgan fingerprint density at radius 3 is 1.28 bits per heavy atom. The summed E-state index contributed by atoms with van der Waals surface area (Å²) in [6.45, 7) is 4.06. The van der Waals surface area contributed by atoms with Crippen LogP contribution >= 0.6 is 0 Å². The molecule has 0 aromatic heterocycles. The van der Waals surface area contributed by atoms with Crippen LogP contribution in [-0.2, 0) is 19.1 Å². The van der Waals surface area contributed by atoms with Crippen LogP contribution < -0.4 is 0 Å². The predicted molar refractivity (Wildman–Crippen MR) is 196 cm³/mol. The fraction of sp³-hybridized carbons (Fsp3) is 0.756. The molecule has 0 saturated heterocycles. The van der Waals surface area contributed by atoms with Gasteiger partial charge in [0.05, 0.1) is 6.61 Å². The third-order valence-electron chi connectivity index (χ3n) is 8.10. The van der Waals surface area contributed by atoms with Crippen molar-refractivity contribution >= 4 is 11.9 Å². The molecule has 0 aromatic carbocycles. The first-order valence-corrected chi connectivity index (χ1v) is 19.2. The number of rotatable bonds is 34. The van der Waals surface area contributed by atoms with E-state index in [1.54, 1.807) is 0 Å². The summed E-state index contributed by atoms with van der Waals surface area (Å²) in [5.41, 5.74) is 0. The number of aliphatic hydroxyl groups excluding tert-OH is 1. The Bertz CT molecular complexity index is 782. The average Bonchev–Trinajstić information content (AvgIpc) is 3.06. The lowest BCUT2D eigenvalue weighted by molar-refractivity contribution is -0.161. The largest absolute Gasteiger partial charge is 0.462 e. The summed E-state index contributed by atoms with van der Waals surface area (Å²) < 4.78 is 10.6. The molecule has 0 amide bonds. The first-order chi connectivity index (χ1) is 22.6. The van der Waals surface area contributed by atoms with Crippen LogP contribution in [0.25, 0.3) is 0 Å². The number of hydrogen-bond donors (Lipinski definition) is 1. The van der Waals surface area contributed by atoms with Gasteiger partial charge in [0.2, 0.25) is 0 Å². The molecule has 0 fully saturated rings. The van der Waals surface area contributed by atoms with Crippen LogP contribution in [0.4, 0.5) is 0 Å². The van der Waals surface area contributed by atoms with Gasteiger partial charge < -0.3 is 14.6 Å². The second kappa shape index (κ2) is 37.3. The summed E-state index contributed by atoms with van der Waals surface area (Å²) in [5, 5.41) is 9.54. The van der Waals surface area contributed by atoms with E-state index in [-0.39, 0.29) is 25.2 Å². The highest BCUT2D eigenvalue weighted by Gasteiger charge is 2.16. The van der Waals surface area contributed by atoms with Crippen LogP contribution in [-0.4, -0.2) is 36.4 Å². The second-order valence-electron chi connectivity index (χ2n) is 12.6. The Kier molecular flexibility index (Phi) is 35.6. The van der Waals surface area contributed by atoms with Crippen LogP contribution in [0.2, 0.25) is 0 Å². The van der Waals surface area contributed by atoms with Crippen LogP contribution in [0, 0.1) is 0 Å². The van der Waals surface area contributed by atoms with Crippen LogP contribution in [0.5, 0.6) is 0 Å². The van der Waals surface area contributed by atoms with Gasteiger partial charge in [-0.2, -0.15) is 0 Å². The molecule has 1 N–H and O–H groups in total. The number of esters is 2. The molecule has 0 rings (SSSR count). The van der Waals surface area contributed by atoms with E-state index in [1.165, 1.54) is 89.9 Å². The Balaban J connectivity index is 3.61. The summed E-state index contributed by atoms with van der Waals surface area (Å²) >= 11 is 0. The van der Waals surface area contributed by atoms with Crippen molar-refractivity contribution in [2.45, 2.75) is 187 Å². The lowest BCUT2D eigenvalue weighted by Crippen LogP contribution is -2.28. The highest BCUT2D eigenvalue weighted by Crippen LogP contribution is 2.12. The molecule has 0 aromatic rings. The average molecular weight is 645 g/mol. The normalized spacial score (nSPS) is 12.7. The molecule has 1 atom stereocenters. The fourth-order valence-electron chi connectivity index (χ4n) is 5.14. The van der Waals surface area contributed by atoms with Crippen molar-refractivity contribution in [3.63, 3.8) is 0 Å². The Hall–Kier alpha value is -2.14. The molecule has 1 unspecified atom stereocenters. The molecule has 5 heteroatoms. The molecule has 0 aliphatic heterocycles. The van der Waals surface area contributed by atoms with Crippen molar-refractivity contribution in [1.82, 2.24) is 0 Å². The molecule has 266 valence electrons. The quantitative estimate of drug-likeness (QED) is 0.0429. The minimum absolute atomic E-state index is 0.0771. The molecular formula is C41H72O5. The van der Waals surface area contributed by atoms with Crippen molar-refractivity contribution in [1.29, 1.82) is 0 Å². The van der Waals surface area contributed by atoms with Crippen LogP contribution in [0.15, 0.2) is 48.6 Å². The highest BCUT2D eigenvalue weighted by molar-refractivity contribution is 5.70. The van der Waals surface area contributed by atoms with E-state index < -0.39 is 6.10 Å². The number of hydrogen-bond acceptors (Lipinski definition) is 5. The number of carbonyl (C=O) groups is 2. The monoisotopic (exact) mass is 645 g/mol. The Morgan fingerprint density at radius 2 is 0.870 bits per heavy atom. The zero-order valence-electron chi connectivity index (χ0n) is 30.1. The topological polar surface area (TPSA) is 72.8 Å². The van der Waals surface area contributed by atoms with Gasteiger partial charge in [-0.05, 0) is 77.0 Å². The van der Waals surface area contributed by atoms with Gasteiger partial charge in [0, 0.05) is 12.8 Å². The number of unbranched alkanes of at least 4 members (excludes halogenated alkanes) is 18. The third kappa shape index (κ3) is 34.7. The van der Waals surface area contributed by atoms with Gasteiger partial charge in [-0.25, -0.2) is 0 Å². The number of allylic oxidation sites excluding steroid dienone is 8. The van der Waals surface area contributed by atoms with E-state index in [0.717, 1.165) is 64.2 Å². The van der Waals surface area contributed by atoms with Crippen molar-refractivity contribution in [2.24, 2.45) is 0 Å². The number of ether oxygens (including phenoxy) is 2. The fourth-order valence-corrected chi connectivity index (χ4v) is 5.14. The van der Waals surface area contributed by atoms with Gasteiger partial charge in [-0.1, -0.05) is 140 Å². The first-order valence-electron chi connectivity index (χ1n) is 19.2. The van der Waals surface area contributed by atoms with Crippen molar-refractivity contribution in [3.05, 3.63) is 48.6 Å². The van der Waals surface area contributed by atoms with Gasteiger partial charge in [0.1, 0.15) is 6.61 Å². The zero-order chi connectivity index (χ0) is 33.6. The van der Waals surface area contributed by atoms with Gasteiger partial charge >= 0.3 is 11.9 Å². The third-order valence-corrected chi connectivity index (χ3v) is 8.10. The minimum Gasteiger partial charge on any atom is -0.462 e. The van der Waals surface area contributed by atoms with Crippen LogP contribution in [0.1, 0.15) is 181 Å². The molecule has 5 nitrogen and oxygen atoms in total. The summed E-state index contributed by atoms with van der Waals surface area (Å²) in [6.07, 6.45) is 45.9. The van der Waals surface area contributed by atoms with E-state index in [4.69, 9.17) is 9.47 Å². The van der Waals surface area contributed by atoms with Gasteiger partial charge in [0.15, 0.2) is 6.10 Å². The number of aliphatic hydroxyl groups is 1. The lowest BCUT2D eigenvalue weighted by atomic mass is 10.1. The highest BCUT2D eigenvalue weighted by atomic mass is 16.6. The summed E-state index contributed by atoms with van der Waals surface area (Å²) in [7, 11) is 0. The molecule has 46 heavy (non-hydrogen) atoms. The summed E-state index contributed by atoms with van der Waals surface area (Å²) in [5.74, 6) is -0.618. The van der Waals surface area contributed by atoms with Gasteiger partial charge in [0.25, 0.3) is 0 Å². The maximum atomic E-state index is 12.2. The molecule has 0 saturated carbocycles. The maximum Gasteiger partial charge on any atom is 0.306 e. The van der Waals surface area contributed by atoms with E-state index >= 15 is 0 Å². The molecule has 0 aliphatic rings. The summed E-state index contributed by atoms with van der Waals surface area (Å²) in [6, 6.07) is 0. The Morgan fingerprint density at radius 1 is 0.500 bits per heavy atom.